The van der Waals surface area contributed by atoms with E-state index in [-0.39, 0.29) is 216 Å². The second kappa shape index (κ2) is 31.8. The van der Waals surface area contributed by atoms with Crippen LogP contribution in [0.3, 0.4) is 0 Å². The Bertz CT molecular complexity index is 3160. The first-order valence-electron chi connectivity index (χ1n) is 18.4. The van der Waals surface area contributed by atoms with E-state index in [9.17, 15) is 55.8 Å². The fourth-order valence-electron chi connectivity index (χ4n) is 5.72. The van der Waals surface area contributed by atoms with Crippen molar-refractivity contribution in [2.24, 2.45) is 20.5 Å². The Hall–Kier alpha value is -1.48. The Labute approximate surface area is 515 Å². The maximum atomic E-state index is 12.6. The fourth-order valence-corrected chi connectivity index (χ4v) is 9.64. The summed E-state index contributed by atoms with van der Waals surface area (Å²) in [6.07, 6.45) is 1.15. The van der Waals surface area contributed by atoms with Crippen molar-refractivity contribution < 1.29 is 211 Å². The van der Waals surface area contributed by atoms with Crippen molar-refractivity contribution in [2.75, 3.05) is 24.7 Å². The molecule has 0 bridgehead atoms. The molecule has 6 aromatic rings. The van der Waals surface area contributed by atoms with Crippen molar-refractivity contribution in [3.63, 3.8) is 0 Å². The van der Waals surface area contributed by atoms with Crippen LogP contribution in [-0.2, 0) is 66.3 Å². The summed E-state index contributed by atoms with van der Waals surface area (Å²) in [5, 5.41) is 86.2. The van der Waals surface area contributed by atoms with Crippen LogP contribution >= 0.6 is 36.7 Å². The molecule has 0 atom stereocenters. The molecule has 2 aromatic heterocycles. The number of sulfone groups is 2. The second-order valence-corrected chi connectivity index (χ2v) is 20.4. The molecule has 2 heterocycles. The van der Waals surface area contributed by atoms with E-state index < -0.39 is 63.6 Å². The van der Waals surface area contributed by atoms with Crippen molar-refractivity contribution >= 4 is 89.2 Å². The Morgan fingerprint density at radius 3 is 1.60 bits per heavy atom. The zero-order valence-electron chi connectivity index (χ0n) is 38.3. The minimum atomic E-state index is -5.24. The Balaban J connectivity index is 0.00000456. The first-order valence-corrected chi connectivity index (χ1v) is 25.2. The van der Waals surface area contributed by atoms with E-state index in [2.05, 4.69) is 58.8 Å². The molecule has 0 aliphatic heterocycles. The summed E-state index contributed by atoms with van der Waals surface area (Å²) in [7, 11) is -12.9. The molecule has 0 saturated carbocycles. The average Bonchev–Trinajstić information content (AvgIpc) is 3.84. The van der Waals surface area contributed by atoms with Gasteiger partial charge in [0.25, 0.3) is 0 Å². The van der Waals surface area contributed by atoms with E-state index in [4.69, 9.17) is 8.37 Å². The van der Waals surface area contributed by atoms with E-state index in [0.29, 0.717) is 12.0 Å². The molecule has 368 valence electrons. The number of nitrogens with zero attached hydrogens (tertiary/aromatic N) is 8. The van der Waals surface area contributed by atoms with Gasteiger partial charge < -0.3 is 30.5 Å². The van der Waals surface area contributed by atoms with Crippen LogP contribution in [0.2, 0.25) is 0 Å². The van der Waals surface area contributed by atoms with E-state index in [1.165, 1.54) is 85.8 Å². The molecule has 6 rings (SSSR count). The summed E-state index contributed by atoms with van der Waals surface area (Å²) in [4.78, 5) is -0.932. The zero-order chi connectivity index (χ0) is 49.8. The topological polar surface area (TPSA) is 394 Å². The first kappa shape index (κ1) is 67.6. The third-order valence-electron chi connectivity index (χ3n) is 8.89. The predicted octanol–water partition coefficient (Wildman–Crippen LogP) is -8.42. The molecular weight excluding hydrogens is 1140 g/mol. The van der Waals surface area contributed by atoms with Crippen molar-refractivity contribution in [3.05, 3.63) is 96.8 Å². The average molecular weight is 1170 g/mol. The van der Waals surface area contributed by atoms with Crippen LogP contribution < -0.4 is 134 Å². The minimum Gasteiger partial charge on any atom is -0.744 e. The van der Waals surface area contributed by atoms with Gasteiger partial charge in [-0.3, -0.25) is 23.5 Å². The van der Waals surface area contributed by atoms with Crippen LogP contribution in [0.4, 0.5) is 22.7 Å². The van der Waals surface area contributed by atoms with Gasteiger partial charge in [-0.15, -0.1) is 29.1 Å². The molecule has 0 spiro atoms. The number of hydrogen-bond acceptors (Lipinski definition) is 29. The molecule has 4 aromatic carbocycles. The largest absolute Gasteiger partial charge is 1.00 e. The molecule has 2 N–H and O–H groups in total. The van der Waals surface area contributed by atoms with Gasteiger partial charge in [0.15, 0.2) is 55.7 Å². The molecule has 73 heavy (non-hydrogen) atoms. The molecule has 0 amide bonds. The molecule has 0 unspecified atom stereocenters. The first-order chi connectivity index (χ1) is 33.0. The summed E-state index contributed by atoms with van der Waals surface area (Å²) < 4.78 is 112. The van der Waals surface area contributed by atoms with Gasteiger partial charge in [-0.2, -0.15) is 23.9 Å². The summed E-state index contributed by atoms with van der Waals surface area (Å²) in [5.74, 6) is -2.01. The number of aryl methyl sites for hydroxylation is 1. The van der Waals surface area contributed by atoms with E-state index in [1.54, 1.807) is 0 Å². The minimum absolute atomic E-state index is 0. The number of azo groups is 2. The normalized spacial score (nSPS) is 11.8. The van der Waals surface area contributed by atoms with Crippen molar-refractivity contribution in [1.29, 1.82) is 0 Å². The number of hydrogen-bond donors (Lipinski definition) is 2. The van der Waals surface area contributed by atoms with Gasteiger partial charge in [0, 0.05) is 0 Å². The molecule has 28 nitrogen and oxygen atoms in total. The van der Waals surface area contributed by atoms with Crippen molar-refractivity contribution in [2.45, 2.75) is 26.5 Å². The third-order valence-corrected chi connectivity index (χ3v) is 14.5. The number of aromatic hydroxyl groups is 2. The maximum Gasteiger partial charge on any atom is 1.00 e. The monoisotopic (exact) mass is 1160 g/mol. The Kier molecular flexibility index (Phi) is 29.5. The summed E-state index contributed by atoms with van der Waals surface area (Å²) in [6, 6.07) is 18.2. The van der Waals surface area contributed by atoms with Gasteiger partial charge in [0.2, 0.25) is 11.8 Å². The van der Waals surface area contributed by atoms with Gasteiger partial charge >= 0.3 is 118 Å². The van der Waals surface area contributed by atoms with Crippen LogP contribution in [0.25, 0.3) is 22.5 Å². The third kappa shape index (κ3) is 18.6. The molecule has 0 aliphatic rings. The van der Waals surface area contributed by atoms with Gasteiger partial charge in [-0.25, -0.2) is 25.3 Å². The quantitative estimate of drug-likeness (QED) is 0.0102. The molecular formula is C35H28N8Na4O20S6. The summed E-state index contributed by atoms with van der Waals surface area (Å²) in [5.41, 5.74) is 0.184. The van der Waals surface area contributed by atoms with Crippen LogP contribution in [0.1, 0.15) is 5.69 Å². The molecule has 0 saturated heterocycles. The number of benzene rings is 4. The summed E-state index contributed by atoms with van der Waals surface area (Å²) in [6.45, 7) is 0.776. The van der Waals surface area contributed by atoms with Crippen LogP contribution in [0.15, 0.2) is 131 Å². The van der Waals surface area contributed by atoms with Crippen LogP contribution in [-0.4, -0.2) is 84.3 Å². The van der Waals surface area contributed by atoms with Gasteiger partial charge in [0.1, 0.15) is 21.5 Å². The van der Waals surface area contributed by atoms with E-state index >= 15 is 0 Å². The predicted molar refractivity (Wildman–Crippen MR) is 227 cm³/mol. The zero-order valence-corrected chi connectivity index (χ0v) is 51.2. The molecule has 0 radical (unpaired) electrons. The fraction of sp³-hybridized carbons (Fsp3) is 0.143. The Morgan fingerprint density at radius 2 is 1.08 bits per heavy atom. The van der Waals surface area contributed by atoms with Crippen molar-refractivity contribution in [3.8, 4) is 34.3 Å². The smallest absolute Gasteiger partial charge is 0.744 e. The van der Waals surface area contributed by atoms with Gasteiger partial charge in [-0.1, -0.05) is 12.1 Å². The SMILES string of the molecule is Cc1nn(-c2ccc(S(=O)(=O)CCOSOO[O-])cc2)c(O)c1N=Nc1ccc(-c2ccc(N=Nc3cnn(-c4ccc(S(=O)(=O)CCOSOO[O-])cc4)c3O)c(SOO[O-])c2)cc1S(=O)(=O)[O-].[Na+].[Na+].[Na+].[Na+]. The molecule has 0 fully saturated rings. The molecule has 38 heteroatoms. The summed E-state index contributed by atoms with van der Waals surface area (Å²) >= 11 is 0.713. The number of aromatic nitrogens is 4. The number of rotatable bonds is 25. The Morgan fingerprint density at radius 1 is 0.603 bits per heavy atom. The second-order valence-electron chi connectivity index (χ2n) is 13.1. The van der Waals surface area contributed by atoms with Crippen LogP contribution in [0.5, 0.6) is 11.8 Å². The standard InChI is InChI=1S/C35H32N8O20S6.4Na/c1-21-33(35(45)43(41-21)25-6-10-27(11-7-25)68(51,52)17-15-57-66-63-60-48)40-38-29-13-3-23(19-32(29)69(53,54)55)22-2-12-28(31(18-22)64-61-58-46)37-39-30-20-36-42(34(30)44)24-4-8-26(9-5-24)67(49,50)16-14-56-65-62-59-47;;;;/h2-13,18-20,44-48H,14-17H2,1H3,(H,53,54,55);;;;/q;4*+1/p-4. The molecule has 0 aliphatic carbocycles. The van der Waals surface area contributed by atoms with Gasteiger partial charge in [-0.05, 0) is 90.8 Å². The van der Waals surface area contributed by atoms with E-state index in [0.717, 1.165) is 21.6 Å². The van der Waals surface area contributed by atoms with Crippen LogP contribution in [0, 0.1) is 6.92 Å². The van der Waals surface area contributed by atoms with Crippen molar-refractivity contribution in [1.82, 2.24) is 19.6 Å². The van der Waals surface area contributed by atoms with Gasteiger partial charge in [0.05, 0.1) is 79.6 Å². The van der Waals surface area contributed by atoms with E-state index in [1.807, 2.05) is 0 Å². The maximum absolute atomic E-state index is 12.6.